The molecule has 6 nitrogen and oxygen atoms in total. The van der Waals surface area contributed by atoms with E-state index in [4.69, 9.17) is 28.1 Å². The topological polar surface area (TPSA) is 59.3 Å². The quantitative estimate of drug-likeness (QED) is 0.154. The molecule has 0 N–H and O–H groups in total. The first-order valence-corrected chi connectivity index (χ1v) is 25.2. The monoisotopic (exact) mass is 941 g/mol. The first kappa shape index (κ1) is 63.4. The van der Waals surface area contributed by atoms with Crippen molar-refractivity contribution < 1.29 is 28.1 Å². The van der Waals surface area contributed by atoms with E-state index in [1.165, 1.54) is 44.1 Å². The van der Waals surface area contributed by atoms with Crippen LogP contribution in [0.5, 0.6) is 28.7 Å². The van der Waals surface area contributed by atoms with E-state index in [1.54, 1.807) is 6.26 Å². The third-order valence-electron chi connectivity index (χ3n) is 7.19. The molecule has 0 saturated heterocycles. The zero-order valence-electron chi connectivity index (χ0n) is 47.1. The van der Waals surface area contributed by atoms with E-state index in [-0.39, 0.29) is 0 Å². The fourth-order valence-electron chi connectivity index (χ4n) is 4.93. The molecule has 1 saturated carbocycles. The molecule has 0 radical (unpaired) electrons. The summed E-state index contributed by atoms with van der Waals surface area (Å²) in [6.45, 7) is 46.3. The van der Waals surface area contributed by atoms with Gasteiger partial charge < -0.3 is 28.1 Å². The molecule has 0 bridgehead atoms. The van der Waals surface area contributed by atoms with Crippen LogP contribution in [0.15, 0.2) is 114 Å². The van der Waals surface area contributed by atoms with Gasteiger partial charge in [0, 0.05) is 11.8 Å². The lowest BCUT2D eigenvalue weighted by Crippen LogP contribution is -2.14. The van der Waals surface area contributed by atoms with E-state index in [2.05, 4.69) is 145 Å². The Morgan fingerprint density at radius 3 is 0.956 bits per heavy atom. The van der Waals surface area contributed by atoms with Gasteiger partial charge in [0.2, 0.25) is 6.79 Å². The van der Waals surface area contributed by atoms with Crippen LogP contribution in [0.1, 0.15) is 183 Å². The summed E-state index contributed by atoms with van der Waals surface area (Å²) >= 11 is 0. The minimum atomic E-state index is 0.360. The van der Waals surface area contributed by atoms with Gasteiger partial charge in [-0.25, -0.2) is 0 Å². The molecule has 1 fully saturated rings. The number of hydrogen-bond acceptors (Lipinski definition) is 6. The molecule has 384 valence electrons. The predicted molar refractivity (Wildman–Crippen MR) is 295 cm³/mol. The molecule has 1 aliphatic carbocycles. The van der Waals surface area contributed by atoms with Gasteiger partial charge in [0.25, 0.3) is 0 Å². The van der Waals surface area contributed by atoms with Crippen LogP contribution in [0.4, 0.5) is 0 Å². The highest BCUT2D eigenvalue weighted by molar-refractivity contribution is 5.76. The number of hydrogen-bond donors (Lipinski definition) is 0. The summed E-state index contributed by atoms with van der Waals surface area (Å²) in [6, 6.07) is 33.4. The van der Waals surface area contributed by atoms with Crippen LogP contribution in [-0.4, -0.2) is 26.6 Å². The molecule has 4 aliphatic rings. The summed E-state index contributed by atoms with van der Waals surface area (Å²) in [5.74, 6) is 4.47. The third kappa shape index (κ3) is 45.2. The molecule has 1 aromatic heterocycles. The maximum absolute atomic E-state index is 5.30. The predicted octanol–water partition coefficient (Wildman–Crippen LogP) is 19.5. The second-order valence-electron chi connectivity index (χ2n) is 25.3. The number of para-hydroxylation sites is 6. The second-order valence-corrected chi connectivity index (χ2v) is 25.3. The molecule has 3 aliphatic heterocycles. The average molecular weight is 941 g/mol. The molecule has 4 heterocycles. The summed E-state index contributed by atoms with van der Waals surface area (Å²) in [7, 11) is 0. The van der Waals surface area contributed by atoms with Crippen molar-refractivity contribution in [2.45, 2.75) is 183 Å². The number of ether oxygens (including phenoxy) is 5. The van der Waals surface area contributed by atoms with Crippen molar-refractivity contribution in [2.24, 2.45) is 27.1 Å². The summed E-state index contributed by atoms with van der Waals surface area (Å²) < 4.78 is 31.2. The Hall–Kier alpha value is -4.58. The van der Waals surface area contributed by atoms with Gasteiger partial charge in [-0.2, -0.15) is 0 Å². The van der Waals surface area contributed by atoms with E-state index in [0.29, 0.717) is 47.1 Å². The Morgan fingerprint density at radius 2 is 0.603 bits per heavy atom. The molecule has 6 heteroatoms. The van der Waals surface area contributed by atoms with Gasteiger partial charge in [0.15, 0.2) is 23.0 Å². The zero-order valence-corrected chi connectivity index (χ0v) is 47.1. The summed E-state index contributed by atoms with van der Waals surface area (Å²) in [5, 5.41) is 1.16. The minimum Gasteiger partial charge on any atom is -0.493 e. The molecule has 0 spiro atoms. The van der Waals surface area contributed by atoms with Gasteiger partial charge in [-0.1, -0.05) is 238 Å². The van der Waals surface area contributed by atoms with Crippen molar-refractivity contribution in [1.29, 1.82) is 0 Å². The van der Waals surface area contributed by atoms with Crippen molar-refractivity contribution in [3.8, 4) is 28.7 Å². The van der Waals surface area contributed by atoms with E-state index >= 15 is 0 Å². The molecule has 9 rings (SSSR count). The Morgan fingerprint density at radius 1 is 0.309 bits per heavy atom. The van der Waals surface area contributed by atoms with Gasteiger partial charge >= 0.3 is 0 Å². The lowest BCUT2D eigenvalue weighted by Gasteiger charge is -2.17. The minimum absolute atomic E-state index is 0.360. The molecule has 0 atom stereocenters. The number of furan rings is 1. The van der Waals surface area contributed by atoms with E-state index in [1.807, 2.05) is 97.1 Å². The molecule has 4 aromatic carbocycles. The second kappa shape index (κ2) is 33.0. The lowest BCUT2D eigenvalue weighted by molar-refractivity contribution is 0.171. The van der Waals surface area contributed by atoms with E-state index < -0.39 is 0 Å². The van der Waals surface area contributed by atoms with Gasteiger partial charge in [0.1, 0.15) is 24.5 Å². The standard InChI is InChI=1S/C8H8O2.C8H8O.C8H6O.C7H6O2.C6H12.5C5H12/c1-2-4-8-7(3-1)9-5-6-10-8;2*1-2-4-8-7(3-1)5-6-9-8;1-2-4-7-6(3-1)8-5-9-7;1-2-4-6-5-3-1;5*1-5(2,3)4/h1-4H,5-6H2;1-4H,5-6H2;1-6H;1-4H,5H2;1-6H2;5*1-4H3. The average Bonchev–Trinajstić information content (AvgIpc) is 4.01. The van der Waals surface area contributed by atoms with Crippen molar-refractivity contribution in [3.63, 3.8) is 0 Å². The van der Waals surface area contributed by atoms with Crippen LogP contribution in [0.2, 0.25) is 0 Å². The lowest BCUT2D eigenvalue weighted by atomic mass is 10.0. The highest BCUT2D eigenvalue weighted by Gasteiger charge is 2.11. The Bertz CT molecular complexity index is 1710. The first-order chi connectivity index (χ1) is 31.4. The van der Waals surface area contributed by atoms with Gasteiger partial charge in [0.05, 0.1) is 12.9 Å². The maximum atomic E-state index is 5.30. The van der Waals surface area contributed by atoms with Crippen molar-refractivity contribution in [3.05, 3.63) is 115 Å². The molecular formula is C62H100O6. The van der Waals surface area contributed by atoms with E-state index in [9.17, 15) is 0 Å². The van der Waals surface area contributed by atoms with Crippen LogP contribution >= 0.6 is 0 Å². The number of fused-ring (bicyclic) bond motifs is 4. The van der Waals surface area contributed by atoms with Crippen molar-refractivity contribution in [1.82, 2.24) is 0 Å². The van der Waals surface area contributed by atoms with Crippen molar-refractivity contribution in [2.75, 3.05) is 26.6 Å². The largest absolute Gasteiger partial charge is 0.493 e. The van der Waals surface area contributed by atoms with Crippen LogP contribution in [-0.2, 0) is 6.42 Å². The van der Waals surface area contributed by atoms with Crippen LogP contribution in [0.25, 0.3) is 11.0 Å². The first-order valence-electron chi connectivity index (χ1n) is 25.2. The van der Waals surface area contributed by atoms with Crippen LogP contribution in [0, 0.1) is 27.1 Å². The zero-order chi connectivity index (χ0) is 51.9. The Balaban J connectivity index is 0.000000745. The molecular weight excluding hydrogens is 841 g/mol. The van der Waals surface area contributed by atoms with Gasteiger partial charge in [-0.15, -0.1) is 0 Å². The van der Waals surface area contributed by atoms with Crippen molar-refractivity contribution >= 4 is 11.0 Å². The highest BCUT2D eigenvalue weighted by Crippen LogP contribution is 2.30. The van der Waals surface area contributed by atoms with Crippen LogP contribution in [0.3, 0.4) is 0 Å². The fraction of sp³-hybridized carbons (Fsp3) is 0.581. The summed E-state index contributed by atoms with van der Waals surface area (Å²) in [4.78, 5) is 0. The maximum Gasteiger partial charge on any atom is 0.231 e. The summed E-state index contributed by atoms with van der Waals surface area (Å²) in [5.41, 5.74) is 4.80. The fourth-order valence-corrected chi connectivity index (χ4v) is 4.93. The molecule has 68 heavy (non-hydrogen) atoms. The highest BCUT2D eigenvalue weighted by atomic mass is 16.7. The van der Waals surface area contributed by atoms with Crippen LogP contribution < -0.4 is 23.7 Å². The molecule has 0 unspecified atom stereocenters. The van der Waals surface area contributed by atoms with E-state index in [0.717, 1.165) is 52.7 Å². The number of benzene rings is 4. The normalized spacial score (nSPS) is 13.8. The third-order valence-corrected chi connectivity index (χ3v) is 7.19. The molecule has 5 aromatic rings. The SMILES string of the molecule is C1CCCCC1.CC(C)(C)C.CC(C)(C)C.CC(C)(C)C.CC(C)(C)C.CC(C)(C)C.c1ccc2c(c1)CCO2.c1ccc2c(c1)OCCO2.c1ccc2c(c1)OCO2.c1ccc2occc2c1. The van der Waals surface area contributed by atoms with Gasteiger partial charge in [-0.3, -0.25) is 0 Å². The smallest absolute Gasteiger partial charge is 0.231 e. The Labute approximate surface area is 418 Å². The van der Waals surface area contributed by atoms with Gasteiger partial charge in [-0.05, 0) is 75.1 Å². The molecule has 0 amide bonds. The number of rotatable bonds is 0. The summed E-state index contributed by atoms with van der Waals surface area (Å²) in [6.07, 6.45) is 11.8. The Kier molecular flexibility index (Phi) is 30.8.